The van der Waals surface area contributed by atoms with Crippen molar-refractivity contribution < 1.29 is 27.8 Å². The summed E-state index contributed by atoms with van der Waals surface area (Å²) in [7, 11) is 0. The van der Waals surface area contributed by atoms with Gasteiger partial charge >= 0.3 is 12.2 Å². The minimum atomic E-state index is -4.23. The molecule has 2 fully saturated rings. The van der Waals surface area contributed by atoms with Gasteiger partial charge in [-0.05, 0) is 43.9 Å². The number of carbonyl (C=O) groups is 1. The highest BCUT2D eigenvalue weighted by atomic mass is 19.4. The van der Waals surface area contributed by atoms with Gasteiger partial charge in [0.05, 0.1) is 25.0 Å². The lowest BCUT2D eigenvalue weighted by Gasteiger charge is -2.27. The Bertz CT molecular complexity index is 1090. The van der Waals surface area contributed by atoms with Gasteiger partial charge in [-0.25, -0.2) is 9.78 Å². The first-order valence-corrected chi connectivity index (χ1v) is 12.4. The van der Waals surface area contributed by atoms with Crippen molar-refractivity contribution in [2.75, 3.05) is 61.5 Å². The molecule has 1 aromatic carbocycles. The number of likely N-dealkylation sites (tertiary alicyclic amines) is 1. The molecule has 2 amide bonds. The van der Waals surface area contributed by atoms with Crippen LogP contribution in [0.4, 0.5) is 35.4 Å². The fourth-order valence-electron chi connectivity index (χ4n) is 4.51. The minimum Gasteiger partial charge on any atom is -0.392 e. The first-order valence-electron chi connectivity index (χ1n) is 12.4. The van der Waals surface area contributed by atoms with Gasteiger partial charge in [-0.2, -0.15) is 18.2 Å². The number of aryl methyl sites for hydroxylation is 1. The number of carbonyl (C=O) groups excluding carboxylic acids is 1. The molecule has 3 N–H and O–H groups in total. The van der Waals surface area contributed by atoms with Crippen LogP contribution >= 0.6 is 0 Å². The van der Waals surface area contributed by atoms with E-state index >= 15 is 0 Å². The fraction of sp³-hybridized carbons (Fsp3) is 0.560. The third-order valence-corrected chi connectivity index (χ3v) is 6.44. The average molecular weight is 523 g/mol. The van der Waals surface area contributed by atoms with Crippen LogP contribution in [0.3, 0.4) is 0 Å². The number of urea groups is 1. The molecule has 0 aliphatic carbocycles. The maximum absolute atomic E-state index is 12.8. The number of nitrogens with zero attached hydrogens (tertiary/aromatic N) is 4. The quantitative estimate of drug-likeness (QED) is 0.507. The monoisotopic (exact) mass is 522 g/mol. The van der Waals surface area contributed by atoms with E-state index in [0.717, 1.165) is 11.1 Å². The summed E-state index contributed by atoms with van der Waals surface area (Å²) in [5, 5.41) is 15.7. The molecule has 12 heteroatoms. The number of amides is 2. The van der Waals surface area contributed by atoms with E-state index in [9.17, 15) is 23.1 Å². The van der Waals surface area contributed by atoms with Crippen LogP contribution in [0.1, 0.15) is 25.3 Å². The first kappa shape index (κ1) is 26.9. The number of aliphatic hydroxyl groups excluding tert-OH is 1. The number of aromatic nitrogens is 2. The van der Waals surface area contributed by atoms with Crippen LogP contribution in [0.25, 0.3) is 11.3 Å². The number of benzene rings is 1. The lowest BCUT2D eigenvalue weighted by molar-refractivity contribution is -0.143. The van der Waals surface area contributed by atoms with Crippen molar-refractivity contribution in [3.05, 3.63) is 29.8 Å². The molecule has 37 heavy (non-hydrogen) atoms. The second-order valence-electron chi connectivity index (χ2n) is 9.65. The van der Waals surface area contributed by atoms with Crippen molar-refractivity contribution in [3.8, 4) is 11.3 Å². The number of anilines is 3. The summed E-state index contributed by atoms with van der Waals surface area (Å²) in [6, 6.07) is 6.80. The highest BCUT2D eigenvalue weighted by molar-refractivity contribution is 5.90. The van der Waals surface area contributed by atoms with Gasteiger partial charge in [0.2, 0.25) is 5.95 Å². The Balaban J connectivity index is 1.54. The molecule has 0 bridgehead atoms. The molecule has 0 spiro atoms. The molecule has 2 saturated heterocycles. The van der Waals surface area contributed by atoms with E-state index in [1.54, 1.807) is 25.1 Å². The number of ether oxygens (including phenoxy) is 1. The first-order chi connectivity index (χ1) is 17.6. The highest BCUT2D eigenvalue weighted by Crippen LogP contribution is 2.32. The molecule has 1 aromatic heterocycles. The van der Waals surface area contributed by atoms with E-state index in [1.165, 1.54) is 4.90 Å². The maximum atomic E-state index is 12.8. The number of nitrogens with one attached hydrogen (secondary N) is 2. The smallest absolute Gasteiger partial charge is 0.389 e. The molecule has 2 aliphatic heterocycles. The maximum Gasteiger partial charge on any atom is 0.389 e. The van der Waals surface area contributed by atoms with Crippen molar-refractivity contribution in [3.63, 3.8) is 0 Å². The zero-order valence-corrected chi connectivity index (χ0v) is 21.0. The topological polar surface area (TPSA) is 103 Å². The highest BCUT2D eigenvalue weighted by Gasteiger charge is 2.36. The van der Waals surface area contributed by atoms with Gasteiger partial charge in [0.15, 0.2) is 0 Å². The molecule has 0 saturated carbocycles. The standard InChI is InChI=1S/C25H33F3N6O3/c1-16-3-4-19(30-24(36)34-6-5-18(15-34)13-25(26,27)28)11-20(16)21-12-22(29-14-17(2)35)32-23(31-21)33-7-9-37-10-8-33/h3-4,11-12,17-18,35H,5-10,13-15H2,1-2H3,(H,30,36)(H,29,31,32)/t17-,18+/m1/s1. The number of alkyl halides is 3. The van der Waals surface area contributed by atoms with Gasteiger partial charge in [-0.3, -0.25) is 0 Å². The molecular formula is C25H33F3N6O3. The van der Waals surface area contributed by atoms with Crippen LogP contribution in [0, 0.1) is 12.8 Å². The molecule has 2 atom stereocenters. The Hall–Kier alpha value is -3.12. The zero-order valence-electron chi connectivity index (χ0n) is 21.0. The normalized spacial score (nSPS) is 19.1. The molecular weight excluding hydrogens is 489 g/mol. The number of hydrogen-bond donors (Lipinski definition) is 3. The van der Waals surface area contributed by atoms with Crippen LogP contribution in [-0.2, 0) is 4.74 Å². The lowest BCUT2D eigenvalue weighted by atomic mass is 10.0. The van der Waals surface area contributed by atoms with E-state index in [-0.39, 0.29) is 6.54 Å². The SMILES string of the molecule is Cc1ccc(NC(=O)N2CC[C@@H](CC(F)(F)F)C2)cc1-c1cc(NC[C@@H](C)O)nc(N2CCOCC2)n1. The summed E-state index contributed by atoms with van der Waals surface area (Å²) in [5.41, 5.74) is 2.88. The number of morpholine rings is 1. The molecule has 0 unspecified atom stereocenters. The minimum absolute atomic E-state index is 0.0805. The summed E-state index contributed by atoms with van der Waals surface area (Å²) in [5.74, 6) is 0.524. The average Bonchev–Trinajstić information content (AvgIpc) is 3.31. The van der Waals surface area contributed by atoms with E-state index in [0.29, 0.717) is 69.0 Å². The summed E-state index contributed by atoms with van der Waals surface area (Å²) in [4.78, 5) is 25.6. The Morgan fingerprint density at radius 2 is 1.97 bits per heavy atom. The largest absolute Gasteiger partial charge is 0.392 e. The molecule has 9 nitrogen and oxygen atoms in total. The molecule has 0 radical (unpaired) electrons. The molecule has 3 heterocycles. The van der Waals surface area contributed by atoms with Crippen molar-refractivity contribution in [1.82, 2.24) is 14.9 Å². The van der Waals surface area contributed by atoms with Gasteiger partial charge in [-0.15, -0.1) is 0 Å². The summed E-state index contributed by atoms with van der Waals surface area (Å²) < 4.78 is 43.6. The molecule has 4 rings (SSSR count). The van der Waals surface area contributed by atoms with Crippen molar-refractivity contribution >= 4 is 23.5 Å². The van der Waals surface area contributed by atoms with Gasteiger partial charge in [0, 0.05) is 56.5 Å². The van der Waals surface area contributed by atoms with Gasteiger partial charge in [0.25, 0.3) is 0 Å². The van der Waals surface area contributed by atoms with Crippen LogP contribution in [0.15, 0.2) is 24.3 Å². The van der Waals surface area contributed by atoms with Crippen LogP contribution in [0.2, 0.25) is 0 Å². The molecule has 202 valence electrons. The molecule has 2 aliphatic rings. The van der Waals surface area contributed by atoms with Crippen LogP contribution in [-0.4, -0.2) is 84.2 Å². The van der Waals surface area contributed by atoms with Crippen molar-refractivity contribution in [2.45, 2.75) is 39.0 Å². The number of rotatable bonds is 7. The van der Waals surface area contributed by atoms with E-state index in [4.69, 9.17) is 9.72 Å². The Kier molecular flexibility index (Phi) is 8.38. The van der Waals surface area contributed by atoms with Crippen molar-refractivity contribution in [1.29, 1.82) is 0 Å². The zero-order chi connectivity index (χ0) is 26.6. The van der Waals surface area contributed by atoms with E-state index < -0.39 is 30.7 Å². The third kappa shape index (κ3) is 7.45. The van der Waals surface area contributed by atoms with Gasteiger partial charge in [0.1, 0.15) is 5.82 Å². The lowest BCUT2D eigenvalue weighted by Crippen LogP contribution is -2.37. The summed E-state index contributed by atoms with van der Waals surface area (Å²) >= 11 is 0. The second-order valence-corrected chi connectivity index (χ2v) is 9.65. The van der Waals surface area contributed by atoms with Crippen LogP contribution < -0.4 is 15.5 Å². The summed E-state index contributed by atoms with van der Waals surface area (Å²) in [6.45, 7) is 6.76. The Morgan fingerprint density at radius 3 is 2.68 bits per heavy atom. The fourth-order valence-corrected chi connectivity index (χ4v) is 4.51. The number of hydrogen-bond acceptors (Lipinski definition) is 7. The second kappa shape index (κ2) is 11.5. The Morgan fingerprint density at radius 1 is 1.22 bits per heavy atom. The van der Waals surface area contributed by atoms with E-state index in [2.05, 4.69) is 15.6 Å². The van der Waals surface area contributed by atoms with Gasteiger partial charge < -0.3 is 30.3 Å². The predicted octanol–water partition coefficient (Wildman–Crippen LogP) is 3.89. The summed E-state index contributed by atoms with van der Waals surface area (Å²) in [6.07, 6.45) is -5.34. The van der Waals surface area contributed by atoms with E-state index in [1.807, 2.05) is 17.9 Å². The number of halogens is 3. The third-order valence-electron chi connectivity index (χ3n) is 6.44. The van der Waals surface area contributed by atoms with Crippen LogP contribution in [0.5, 0.6) is 0 Å². The predicted molar refractivity (Wildman–Crippen MR) is 135 cm³/mol. The Labute approximate surface area is 214 Å². The van der Waals surface area contributed by atoms with Crippen molar-refractivity contribution in [2.24, 2.45) is 5.92 Å². The van der Waals surface area contributed by atoms with Gasteiger partial charge in [-0.1, -0.05) is 6.07 Å². The molecule has 2 aromatic rings. The number of aliphatic hydroxyl groups is 1.